The molecule has 0 atom stereocenters. The summed E-state index contributed by atoms with van der Waals surface area (Å²) in [6.45, 7) is 3.50. The molecule has 0 N–H and O–H groups in total. The Morgan fingerprint density at radius 1 is 1.31 bits per heavy atom. The van der Waals surface area contributed by atoms with Gasteiger partial charge in [-0.15, -0.1) is 23.5 Å². The summed E-state index contributed by atoms with van der Waals surface area (Å²) in [5.41, 5.74) is 0. The fourth-order valence-electron chi connectivity index (χ4n) is 1.56. The summed E-state index contributed by atoms with van der Waals surface area (Å²) < 4.78 is 4.95. The summed E-state index contributed by atoms with van der Waals surface area (Å²) in [7, 11) is 0. The second-order valence-corrected chi connectivity index (χ2v) is 7.46. The first-order valence-corrected chi connectivity index (χ1v) is 7.42. The fraction of sp³-hybridized carbons (Fsp3) is 0.818. The van der Waals surface area contributed by atoms with Gasteiger partial charge in [-0.25, -0.2) is 0 Å². The van der Waals surface area contributed by atoms with Gasteiger partial charge in [-0.2, -0.15) is 0 Å². The number of carbonyl (C=O) groups excluding carboxylic acids is 2. The molecule has 1 saturated heterocycles. The van der Waals surface area contributed by atoms with Crippen LogP contribution >= 0.6 is 23.5 Å². The van der Waals surface area contributed by atoms with Crippen LogP contribution in [0.2, 0.25) is 0 Å². The minimum Gasteiger partial charge on any atom is -0.458 e. The zero-order chi connectivity index (χ0) is 12.0. The van der Waals surface area contributed by atoms with Crippen LogP contribution in [0.3, 0.4) is 0 Å². The van der Waals surface area contributed by atoms with Gasteiger partial charge in [-0.3, -0.25) is 9.59 Å². The Morgan fingerprint density at radius 3 is 2.50 bits per heavy atom. The molecule has 0 aromatic rings. The predicted molar refractivity (Wildman–Crippen MR) is 68.8 cm³/mol. The third-order valence-electron chi connectivity index (χ3n) is 2.42. The highest BCUT2D eigenvalue weighted by Crippen LogP contribution is 2.46. The predicted octanol–water partition coefficient (Wildman–Crippen LogP) is 2.49. The number of ether oxygens (including phenoxy) is 1. The van der Waals surface area contributed by atoms with E-state index in [4.69, 9.17) is 0 Å². The normalized spacial score (nSPS) is 18.4. The van der Waals surface area contributed by atoms with Crippen LogP contribution in [0.4, 0.5) is 0 Å². The Balaban J connectivity index is 2.10. The van der Waals surface area contributed by atoms with Crippen LogP contribution in [0.25, 0.3) is 0 Å². The van der Waals surface area contributed by atoms with Gasteiger partial charge >= 0.3 is 5.97 Å². The molecule has 5 heteroatoms. The molecule has 3 nitrogen and oxygen atoms in total. The number of rotatable bonds is 6. The van der Waals surface area contributed by atoms with Crippen LogP contribution in [-0.4, -0.2) is 33.9 Å². The first-order chi connectivity index (χ1) is 7.52. The van der Waals surface area contributed by atoms with Crippen molar-refractivity contribution in [2.75, 3.05) is 18.1 Å². The van der Waals surface area contributed by atoms with E-state index in [9.17, 15) is 9.59 Å². The maximum Gasteiger partial charge on any atom is 0.303 e. The lowest BCUT2D eigenvalue weighted by molar-refractivity contribution is -0.145. The molecule has 0 aliphatic carbocycles. The van der Waals surface area contributed by atoms with E-state index in [0.29, 0.717) is 10.5 Å². The summed E-state index contributed by atoms with van der Waals surface area (Å²) in [5, 5.41) is 0. The highest BCUT2D eigenvalue weighted by atomic mass is 32.2. The molecule has 0 aromatic heterocycles. The van der Waals surface area contributed by atoms with E-state index < -0.39 is 0 Å². The number of hydrogen-bond donors (Lipinski definition) is 0. The highest BCUT2D eigenvalue weighted by molar-refractivity contribution is 8.21. The van der Waals surface area contributed by atoms with Crippen LogP contribution in [0.5, 0.6) is 0 Å². The average molecular weight is 262 g/mol. The molecule has 0 amide bonds. The summed E-state index contributed by atoms with van der Waals surface area (Å²) in [6.07, 6.45) is 2.45. The molecule has 1 fully saturated rings. The minimum absolute atomic E-state index is 0.0202. The van der Waals surface area contributed by atoms with Gasteiger partial charge in [0.2, 0.25) is 0 Å². The number of esters is 1. The average Bonchev–Trinajstić information content (AvgIpc) is 2.62. The topological polar surface area (TPSA) is 43.4 Å². The molecule has 0 saturated carbocycles. The zero-order valence-electron chi connectivity index (χ0n) is 9.78. The van der Waals surface area contributed by atoms with Crippen molar-refractivity contribution in [3.05, 3.63) is 0 Å². The lowest BCUT2D eigenvalue weighted by Crippen LogP contribution is -2.14. The summed E-state index contributed by atoms with van der Waals surface area (Å²) in [5.74, 6) is 2.06. The molecule has 1 heterocycles. The largest absolute Gasteiger partial charge is 0.458 e. The standard InChI is InChI=1S/C11H18O3S2/c1-9(12)14-8-10(13)4-3-5-11(2)15-6-7-16-11/h3-8H2,1-2H3. The van der Waals surface area contributed by atoms with Gasteiger partial charge in [-0.1, -0.05) is 0 Å². The second kappa shape index (κ2) is 6.55. The molecule has 92 valence electrons. The molecule has 0 bridgehead atoms. The van der Waals surface area contributed by atoms with Crippen LogP contribution < -0.4 is 0 Å². The van der Waals surface area contributed by atoms with E-state index in [1.165, 1.54) is 18.4 Å². The van der Waals surface area contributed by atoms with Gasteiger partial charge in [0.25, 0.3) is 0 Å². The van der Waals surface area contributed by atoms with Gasteiger partial charge in [0.15, 0.2) is 5.78 Å². The van der Waals surface area contributed by atoms with Gasteiger partial charge in [-0.05, 0) is 19.8 Å². The summed E-state index contributed by atoms with van der Waals surface area (Å²) in [4.78, 5) is 21.8. The second-order valence-electron chi connectivity index (χ2n) is 4.00. The van der Waals surface area contributed by atoms with Crippen molar-refractivity contribution in [2.45, 2.75) is 37.2 Å². The first-order valence-electron chi connectivity index (χ1n) is 5.45. The van der Waals surface area contributed by atoms with E-state index in [2.05, 4.69) is 11.7 Å². The third kappa shape index (κ3) is 5.25. The van der Waals surface area contributed by atoms with Crippen LogP contribution in [0.15, 0.2) is 0 Å². The number of Topliss-reactive ketones (excluding diaryl/α,β-unsaturated/α-hetero) is 1. The zero-order valence-corrected chi connectivity index (χ0v) is 11.4. The Bertz CT molecular complexity index is 260. The molecule has 0 unspecified atom stereocenters. The van der Waals surface area contributed by atoms with Crippen LogP contribution in [0, 0.1) is 0 Å². The maximum absolute atomic E-state index is 11.3. The molecular weight excluding hydrogens is 244 g/mol. The fourth-order valence-corrected chi connectivity index (χ4v) is 4.50. The van der Waals surface area contributed by atoms with E-state index in [-0.39, 0.29) is 18.4 Å². The first kappa shape index (κ1) is 13.9. The van der Waals surface area contributed by atoms with E-state index >= 15 is 0 Å². The van der Waals surface area contributed by atoms with Gasteiger partial charge in [0, 0.05) is 24.9 Å². The molecule has 1 rings (SSSR count). The minimum atomic E-state index is -0.387. The number of ketones is 1. The van der Waals surface area contributed by atoms with Gasteiger partial charge in [0.05, 0.1) is 4.08 Å². The smallest absolute Gasteiger partial charge is 0.303 e. The molecule has 1 aliphatic rings. The molecule has 0 radical (unpaired) electrons. The lowest BCUT2D eigenvalue weighted by atomic mass is 10.1. The number of hydrogen-bond acceptors (Lipinski definition) is 5. The number of carbonyl (C=O) groups is 2. The van der Waals surface area contributed by atoms with Crippen LogP contribution in [-0.2, 0) is 14.3 Å². The van der Waals surface area contributed by atoms with Crippen molar-refractivity contribution in [1.82, 2.24) is 0 Å². The molecular formula is C11H18O3S2. The number of thioether (sulfide) groups is 2. The molecule has 1 aliphatic heterocycles. The maximum atomic E-state index is 11.3. The van der Waals surface area contributed by atoms with Crippen molar-refractivity contribution in [2.24, 2.45) is 0 Å². The van der Waals surface area contributed by atoms with Crippen molar-refractivity contribution >= 4 is 35.3 Å². The summed E-state index contributed by atoms with van der Waals surface area (Å²) >= 11 is 3.96. The van der Waals surface area contributed by atoms with Gasteiger partial charge in [0.1, 0.15) is 6.61 Å². The van der Waals surface area contributed by atoms with Crippen molar-refractivity contribution in [3.8, 4) is 0 Å². The Hall–Kier alpha value is -0.160. The Kier molecular flexibility index (Phi) is 5.69. The van der Waals surface area contributed by atoms with Crippen molar-refractivity contribution in [3.63, 3.8) is 0 Å². The molecule has 16 heavy (non-hydrogen) atoms. The van der Waals surface area contributed by atoms with Gasteiger partial charge < -0.3 is 4.74 Å². The van der Waals surface area contributed by atoms with E-state index in [0.717, 1.165) is 12.8 Å². The SMILES string of the molecule is CC(=O)OCC(=O)CCCC1(C)SCCS1. The Morgan fingerprint density at radius 2 is 1.94 bits per heavy atom. The monoisotopic (exact) mass is 262 g/mol. The van der Waals surface area contributed by atoms with Crippen molar-refractivity contribution < 1.29 is 14.3 Å². The highest BCUT2D eigenvalue weighted by Gasteiger charge is 2.29. The lowest BCUT2D eigenvalue weighted by Gasteiger charge is -2.20. The molecule has 0 spiro atoms. The van der Waals surface area contributed by atoms with E-state index in [1.807, 2.05) is 23.5 Å². The third-order valence-corrected chi connectivity index (χ3v) is 5.83. The van der Waals surface area contributed by atoms with Crippen molar-refractivity contribution in [1.29, 1.82) is 0 Å². The molecule has 0 aromatic carbocycles. The summed E-state index contributed by atoms with van der Waals surface area (Å²) in [6, 6.07) is 0. The Labute approximate surface area is 105 Å². The van der Waals surface area contributed by atoms with Crippen LogP contribution in [0.1, 0.15) is 33.1 Å². The quantitative estimate of drug-likeness (QED) is 0.688. The van der Waals surface area contributed by atoms with E-state index in [1.54, 1.807) is 0 Å².